The number of nitriles is 1. The van der Waals surface area contributed by atoms with Gasteiger partial charge < -0.3 is 14.6 Å². The zero-order valence-corrected chi connectivity index (χ0v) is 16.7. The van der Waals surface area contributed by atoms with Crippen molar-refractivity contribution >= 4 is 17.7 Å². The predicted octanol–water partition coefficient (Wildman–Crippen LogP) is 4.48. The number of carboxylic acids is 1. The maximum absolute atomic E-state index is 11.1. The zero-order chi connectivity index (χ0) is 20.8. The minimum atomic E-state index is -0.980. The van der Waals surface area contributed by atoms with Gasteiger partial charge in [0.1, 0.15) is 22.6 Å². The number of aliphatic carboxylic acids is 1. The van der Waals surface area contributed by atoms with Crippen LogP contribution in [0, 0.1) is 11.3 Å². The van der Waals surface area contributed by atoms with Gasteiger partial charge in [0.25, 0.3) is 0 Å². The molecule has 0 bridgehead atoms. The lowest BCUT2D eigenvalue weighted by Crippen LogP contribution is -2.02. The number of nitrogens with zero attached hydrogens (tertiary/aromatic N) is 2. The van der Waals surface area contributed by atoms with Crippen molar-refractivity contribution in [3.8, 4) is 40.0 Å². The summed E-state index contributed by atoms with van der Waals surface area (Å²) in [7, 11) is 3.11. The second-order valence-corrected chi connectivity index (χ2v) is 6.93. The molecule has 7 heteroatoms. The number of pyridine rings is 1. The second-order valence-electron chi connectivity index (χ2n) is 5.96. The lowest BCUT2D eigenvalue weighted by atomic mass is 9.98. The van der Waals surface area contributed by atoms with Crippen molar-refractivity contribution in [1.82, 2.24) is 4.98 Å². The van der Waals surface area contributed by atoms with Crippen molar-refractivity contribution in [1.29, 1.82) is 5.26 Å². The van der Waals surface area contributed by atoms with Gasteiger partial charge in [-0.1, -0.05) is 42.1 Å². The molecule has 146 valence electrons. The van der Waals surface area contributed by atoms with E-state index in [0.717, 1.165) is 17.3 Å². The summed E-state index contributed by atoms with van der Waals surface area (Å²) in [4.78, 5) is 15.7. The molecule has 6 nitrogen and oxygen atoms in total. The molecule has 0 aliphatic rings. The molecule has 0 fully saturated rings. The van der Waals surface area contributed by atoms with E-state index in [1.165, 1.54) is 0 Å². The topological polar surface area (TPSA) is 92.4 Å². The molecule has 1 aromatic heterocycles. The number of thioether (sulfide) groups is 1. The molecule has 0 radical (unpaired) electrons. The molecule has 0 spiro atoms. The van der Waals surface area contributed by atoms with Crippen molar-refractivity contribution < 1.29 is 19.4 Å². The molecule has 1 heterocycles. The second kappa shape index (κ2) is 9.13. The Morgan fingerprint density at radius 3 is 2.48 bits per heavy atom. The highest BCUT2D eigenvalue weighted by Crippen LogP contribution is 2.39. The third-order valence-corrected chi connectivity index (χ3v) is 5.16. The standard InChI is InChI=1S/C22H18N2O4S/c1-27-15-8-9-20(28-2)17(10-15)16-11-19(14-6-4-3-5-7-14)24-22(18(16)12-23)29-13-21(25)26/h3-11H,13H2,1-2H3,(H,25,26). The SMILES string of the molecule is COc1ccc(OC)c(-c2cc(-c3ccccc3)nc(SCC(=O)O)c2C#N)c1. The van der Waals surface area contributed by atoms with Crippen LogP contribution in [0.15, 0.2) is 59.6 Å². The quantitative estimate of drug-likeness (QED) is 0.578. The first-order chi connectivity index (χ1) is 14.1. The Hall–Kier alpha value is -3.50. The minimum absolute atomic E-state index is 0.200. The van der Waals surface area contributed by atoms with Crippen LogP contribution in [0.3, 0.4) is 0 Å². The molecule has 2 aromatic carbocycles. The van der Waals surface area contributed by atoms with E-state index in [2.05, 4.69) is 11.1 Å². The summed E-state index contributed by atoms with van der Waals surface area (Å²) < 4.78 is 10.8. The largest absolute Gasteiger partial charge is 0.497 e. The number of carboxylic acid groups (broad SMARTS) is 1. The van der Waals surface area contributed by atoms with Gasteiger partial charge in [0, 0.05) is 16.7 Å². The first-order valence-corrected chi connectivity index (χ1v) is 9.63. The van der Waals surface area contributed by atoms with Crippen LogP contribution in [0.25, 0.3) is 22.4 Å². The van der Waals surface area contributed by atoms with Crippen LogP contribution < -0.4 is 9.47 Å². The number of ether oxygens (including phenoxy) is 2. The van der Waals surface area contributed by atoms with E-state index in [-0.39, 0.29) is 5.75 Å². The minimum Gasteiger partial charge on any atom is -0.497 e. The molecule has 0 saturated carbocycles. The van der Waals surface area contributed by atoms with Crippen molar-refractivity contribution in [2.75, 3.05) is 20.0 Å². The number of hydrogen-bond donors (Lipinski definition) is 1. The van der Waals surface area contributed by atoms with Gasteiger partial charge in [-0.2, -0.15) is 5.26 Å². The maximum Gasteiger partial charge on any atom is 0.313 e. The van der Waals surface area contributed by atoms with E-state index in [1.807, 2.05) is 36.4 Å². The number of carbonyl (C=O) groups is 1. The van der Waals surface area contributed by atoms with Crippen LogP contribution in [0.5, 0.6) is 11.5 Å². The molecule has 0 unspecified atom stereocenters. The van der Waals surface area contributed by atoms with E-state index in [1.54, 1.807) is 32.4 Å². The third kappa shape index (κ3) is 4.50. The molecule has 0 atom stereocenters. The summed E-state index contributed by atoms with van der Waals surface area (Å²) in [6.07, 6.45) is 0. The number of rotatable bonds is 7. The van der Waals surface area contributed by atoms with E-state index >= 15 is 0 Å². The van der Waals surface area contributed by atoms with Gasteiger partial charge in [-0.25, -0.2) is 4.98 Å². The van der Waals surface area contributed by atoms with E-state index in [9.17, 15) is 10.1 Å². The van der Waals surface area contributed by atoms with E-state index in [0.29, 0.717) is 38.9 Å². The highest BCUT2D eigenvalue weighted by molar-refractivity contribution is 7.99. The summed E-state index contributed by atoms with van der Waals surface area (Å²) in [6.45, 7) is 0. The monoisotopic (exact) mass is 406 g/mol. The molecular weight excluding hydrogens is 388 g/mol. The molecule has 0 saturated heterocycles. The summed E-state index contributed by atoms with van der Waals surface area (Å²) in [5.41, 5.74) is 3.06. The summed E-state index contributed by atoms with van der Waals surface area (Å²) in [6, 6.07) is 18.8. The average molecular weight is 406 g/mol. The molecule has 0 aliphatic heterocycles. The summed E-state index contributed by atoms with van der Waals surface area (Å²) >= 11 is 1.02. The van der Waals surface area contributed by atoms with Crippen LogP contribution in [-0.2, 0) is 4.79 Å². The number of benzene rings is 2. The van der Waals surface area contributed by atoms with Gasteiger partial charge in [0.15, 0.2) is 0 Å². The fourth-order valence-electron chi connectivity index (χ4n) is 2.86. The van der Waals surface area contributed by atoms with E-state index in [4.69, 9.17) is 14.6 Å². The van der Waals surface area contributed by atoms with Crippen LogP contribution in [0.4, 0.5) is 0 Å². The summed E-state index contributed by atoms with van der Waals surface area (Å²) in [5, 5.41) is 19.3. The normalized spacial score (nSPS) is 10.2. The van der Waals surface area contributed by atoms with Crippen LogP contribution in [0.2, 0.25) is 0 Å². The Balaban J connectivity index is 2.29. The Bertz CT molecular complexity index is 1080. The third-order valence-electron chi connectivity index (χ3n) is 4.20. The molecular formula is C22H18N2O4S. The molecule has 0 amide bonds. The summed E-state index contributed by atoms with van der Waals surface area (Å²) in [5.74, 6) is 0.00439. The van der Waals surface area contributed by atoms with Gasteiger partial charge in [0.05, 0.1) is 31.2 Å². The molecule has 0 aliphatic carbocycles. The van der Waals surface area contributed by atoms with Crippen molar-refractivity contribution in [3.63, 3.8) is 0 Å². The Morgan fingerprint density at radius 1 is 1.10 bits per heavy atom. The Morgan fingerprint density at radius 2 is 1.86 bits per heavy atom. The van der Waals surface area contributed by atoms with Crippen LogP contribution >= 0.6 is 11.8 Å². The maximum atomic E-state index is 11.1. The van der Waals surface area contributed by atoms with E-state index < -0.39 is 5.97 Å². The molecule has 3 rings (SSSR count). The molecule has 1 N–H and O–H groups in total. The number of aromatic nitrogens is 1. The number of hydrogen-bond acceptors (Lipinski definition) is 6. The smallest absolute Gasteiger partial charge is 0.313 e. The van der Waals surface area contributed by atoms with Gasteiger partial charge >= 0.3 is 5.97 Å². The fraction of sp³-hybridized carbons (Fsp3) is 0.136. The lowest BCUT2D eigenvalue weighted by Gasteiger charge is -2.15. The highest BCUT2D eigenvalue weighted by Gasteiger charge is 2.19. The average Bonchev–Trinajstić information content (AvgIpc) is 2.77. The first-order valence-electron chi connectivity index (χ1n) is 8.65. The van der Waals surface area contributed by atoms with Gasteiger partial charge in [-0.15, -0.1) is 0 Å². The van der Waals surface area contributed by atoms with Crippen LogP contribution in [0.1, 0.15) is 5.56 Å². The fourth-order valence-corrected chi connectivity index (χ4v) is 3.58. The Labute approximate surface area is 172 Å². The van der Waals surface area contributed by atoms with Gasteiger partial charge in [-0.3, -0.25) is 4.79 Å². The predicted molar refractivity (Wildman–Crippen MR) is 111 cm³/mol. The zero-order valence-electron chi connectivity index (χ0n) is 15.9. The molecule has 3 aromatic rings. The van der Waals surface area contributed by atoms with Crippen LogP contribution in [-0.4, -0.2) is 36.0 Å². The first kappa shape index (κ1) is 20.2. The van der Waals surface area contributed by atoms with Crippen molar-refractivity contribution in [3.05, 3.63) is 60.2 Å². The van der Waals surface area contributed by atoms with Gasteiger partial charge in [-0.05, 0) is 24.3 Å². The molecule has 29 heavy (non-hydrogen) atoms. The lowest BCUT2D eigenvalue weighted by molar-refractivity contribution is -0.133. The highest BCUT2D eigenvalue weighted by atomic mass is 32.2. The van der Waals surface area contributed by atoms with Gasteiger partial charge in [0.2, 0.25) is 0 Å². The Kier molecular flexibility index (Phi) is 6.37. The van der Waals surface area contributed by atoms with Crippen molar-refractivity contribution in [2.24, 2.45) is 0 Å². The van der Waals surface area contributed by atoms with Crippen molar-refractivity contribution in [2.45, 2.75) is 5.03 Å². The number of methoxy groups -OCH3 is 2.